The van der Waals surface area contributed by atoms with Crippen molar-refractivity contribution < 1.29 is 14.6 Å². The van der Waals surface area contributed by atoms with Gasteiger partial charge in [0.2, 0.25) is 0 Å². The molecule has 2 unspecified atom stereocenters. The van der Waals surface area contributed by atoms with E-state index in [0.717, 1.165) is 25.7 Å². The molecule has 0 radical (unpaired) electrons. The van der Waals surface area contributed by atoms with Gasteiger partial charge in [0.05, 0.1) is 19.1 Å². The van der Waals surface area contributed by atoms with Crippen molar-refractivity contribution in [3.05, 3.63) is 0 Å². The summed E-state index contributed by atoms with van der Waals surface area (Å²) in [7, 11) is 1.44. The third-order valence-corrected chi connectivity index (χ3v) is 3.26. The van der Waals surface area contributed by atoms with Gasteiger partial charge >= 0.3 is 5.97 Å². The van der Waals surface area contributed by atoms with E-state index in [2.05, 4.69) is 5.32 Å². The predicted molar refractivity (Wildman–Crippen MR) is 50.7 cm³/mol. The van der Waals surface area contributed by atoms with Crippen molar-refractivity contribution >= 4 is 5.97 Å². The van der Waals surface area contributed by atoms with Crippen LogP contribution in [0.1, 0.15) is 25.7 Å². The average Bonchev–Trinajstić information content (AvgIpc) is 2.14. The molecule has 4 atom stereocenters. The molecule has 2 N–H and O–H groups in total. The first-order valence-corrected chi connectivity index (χ1v) is 5.21. The highest BCUT2D eigenvalue weighted by Crippen LogP contribution is 2.30. The number of aliphatic hydroxyl groups is 1. The van der Waals surface area contributed by atoms with Crippen LogP contribution in [0.4, 0.5) is 0 Å². The van der Waals surface area contributed by atoms with Crippen LogP contribution in [0.2, 0.25) is 0 Å². The summed E-state index contributed by atoms with van der Waals surface area (Å²) in [5.74, 6) is -0.0679. The predicted octanol–water partition coefficient (Wildman–Crippen LogP) is 0.0509. The zero-order valence-corrected chi connectivity index (χ0v) is 8.40. The summed E-state index contributed by atoms with van der Waals surface area (Å²) in [4.78, 5) is 11.4. The maximum absolute atomic E-state index is 11.4. The molecule has 0 aromatic rings. The van der Waals surface area contributed by atoms with Gasteiger partial charge in [0.1, 0.15) is 0 Å². The van der Waals surface area contributed by atoms with Crippen LogP contribution in [-0.2, 0) is 9.53 Å². The van der Waals surface area contributed by atoms with Gasteiger partial charge in [0.25, 0.3) is 0 Å². The number of fused-ring (bicyclic) bond motifs is 2. The van der Waals surface area contributed by atoms with Crippen LogP contribution >= 0.6 is 0 Å². The summed E-state index contributed by atoms with van der Waals surface area (Å²) in [6.45, 7) is 0. The fraction of sp³-hybridized carbons (Fsp3) is 0.900. The van der Waals surface area contributed by atoms with Gasteiger partial charge < -0.3 is 15.2 Å². The normalized spacial score (nSPS) is 41.9. The van der Waals surface area contributed by atoms with Crippen LogP contribution in [0.25, 0.3) is 0 Å². The Kier molecular flexibility index (Phi) is 2.74. The molecule has 0 aromatic heterocycles. The van der Waals surface area contributed by atoms with Crippen molar-refractivity contribution in [3.8, 4) is 0 Å². The molecule has 2 aliphatic heterocycles. The minimum atomic E-state index is -0.190. The molecule has 14 heavy (non-hydrogen) atoms. The summed E-state index contributed by atoms with van der Waals surface area (Å²) in [5, 5.41) is 13.0. The number of esters is 1. The molecule has 0 saturated carbocycles. The lowest BCUT2D eigenvalue weighted by atomic mass is 9.79. The third-order valence-electron chi connectivity index (χ3n) is 3.26. The first kappa shape index (κ1) is 9.93. The highest BCUT2D eigenvalue weighted by Gasteiger charge is 2.37. The van der Waals surface area contributed by atoms with Gasteiger partial charge in [-0.15, -0.1) is 0 Å². The lowest BCUT2D eigenvalue weighted by molar-refractivity contribution is -0.148. The van der Waals surface area contributed by atoms with Crippen LogP contribution in [0.3, 0.4) is 0 Å². The highest BCUT2D eigenvalue weighted by molar-refractivity contribution is 5.72. The summed E-state index contributed by atoms with van der Waals surface area (Å²) < 4.78 is 4.75. The largest absolute Gasteiger partial charge is 0.469 e. The van der Waals surface area contributed by atoms with Gasteiger partial charge in [0, 0.05) is 12.1 Å². The molecule has 2 heterocycles. The van der Waals surface area contributed by atoms with Gasteiger partial charge in [0.15, 0.2) is 0 Å². The molecule has 2 bridgehead atoms. The average molecular weight is 199 g/mol. The van der Waals surface area contributed by atoms with E-state index in [1.54, 1.807) is 0 Å². The number of hydrogen-bond donors (Lipinski definition) is 2. The lowest BCUT2D eigenvalue weighted by Gasteiger charge is -2.41. The van der Waals surface area contributed by atoms with Crippen molar-refractivity contribution in [2.45, 2.75) is 43.9 Å². The number of rotatable bonds is 1. The molecule has 2 saturated heterocycles. The van der Waals surface area contributed by atoms with E-state index in [9.17, 15) is 9.90 Å². The number of carbonyl (C=O) groups is 1. The van der Waals surface area contributed by atoms with Gasteiger partial charge in [-0.25, -0.2) is 0 Å². The molecule has 4 heteroatoms. The zero-order valence-electron chi connectivity index (χ0n) is 8.40. The lowest BCUT2D eigenvalue weighted by Crippen LogP contribution is -2.53. The van der Waals surface area contributed by atoms with Crippen LogP contribution in [-0.4, -0.2) is 36.4 Å². The van der Waals surface area contributed by atoms with Crippen molar-refractivity contribution in [2.75, 3.05) is 7.11 Å². The Morgan fingerprint density at radius 1 is 1.29 bits per heavy atom. The summed E-state index contributed by atoms with van der Waals surface area (Å²) >= 11 is 0. The second kappa shape index (κ2) is 3.87. The minimum Gasteiger partial charge on any atom is -0.469 e. The van der Waals surface area contributed by atoms with E-state index in [4.69, 9.17) is 4.74 Å². The maximum atomic E-state index is 11.4. The minimum absolute atomic E-state index is 0.0312. The second-order valence-electron chi connectivity index (χ2n) is 4.38. The Morgan fingerprint density at radius 3 is 2.36 bits per heavy atom. The smallest absolute Gasteiger partial charge is 0.308 e. The second-order valence-corrected chi connectivity index (χ2v) is 4.38. The van der Waals surface area contributed by atoms with E-state index in [0.29, 0.717) is 12.1 Å². The molecule has 2 aliphatic rings. The van der Waals surface area contributed by atoms with E-state index >= 15 is 0 Å². The van der Waals surface area contributed by atoms with Crippen molar-refractivity contribution in [1.29, 1.82) is 0 Å². The number of nitrogens with one attached hydrogen (secondary N) is 1. The number of methoxy groups -OCH3 is 1. The fourth-order valence-electron chi connectivity index (χ4n) is 2.69. The van der Waals surface area contributed by atoms with Crippen LogP contribution in [0.15, 0.2) is 0 Å². The molecule has 4 nitrogen and oxygen atoms in total. The topological polar surface area (TPSA) is 58.6 Å². The number of piperidine rings is 2. The van der Waals surface area contributed by atoms with Gasteiger partial charge in [-0.1, -0.05) is 0 Å². The molecule has 2 rings (SSSR count). The third kappa shape index (κ3) is 1.91. The summed E-state index contributed by atoms with van der Waals surface area (Å²) in [5.41, 5.74) is 0. The first-order valence-electron chi connectivity index (χ1n) is 5.21. The molecule has 80 valence electrons. The Morgan fingerprint density at radius 2 is 1.86 bits per heavy atom. The maximum Gasteiger partial charge on any atom is 0.308 e. The van der Waals surface area contributed by atoms with Gasteiger partial charge in [-0.05, 0) is 25.7 Å². The molecule has 0 spiro atoms. The van der Waals surface area contributed by atoms with Crippen LogP contribution in [0, 0.1) is 5.92 Å². The Labute approximate surface area is 83.6 Å². The molecule has 0 amide bonds. The molecule has 2 fully saturated rings. The Bertz CT molecular complexity index is 213. The molecular formula is C10H17NO3. The van der Waals surface area contributed by atoms with Crippen LogP contribution < -0.4 is 5.32 Å². The number of carbonyl (C=O) groups excluding carboxylic acids is 1. The first-order chi connectivity index (χ1) is 6.69. The van der Waals surface area contributed by atoms with E-state index in [1.165, 1.54) is 7.11 Å². The highest BCUT2D eigenvalue weighted by atomic mass is 16.5. The van der Waals surface area contributed by atoms with Crippen molar-refractivity contribution in [2.24, 2.45) is 5.92 Å². The van der Waals surface area contributed by atoms with E-state index in [1.807, 2.05) is 0 Å². The monoisotopic (exact) mass is 199 g/mol. The molecule has 0 aliphatic carbocycles. The zero-order chi connectivity index (χ0) is 10.1. The molecule has 0 aromatic carbocycles. The Hall–Kier alpha value is -0.610. The molecular weight excluding hydrogens is 182 g/mol. The number of ether oxygens (including phenoxy) is 1. The van der Waals surface area contributed by atoms with Crippen LogP contribution in [0.5, 0.6) is 0 Å². The Balaban J connectivity index is 1.98. The summed E-state index contributed by atoms with van der Waals surface area (Å²) in [6, 6.07) is 0.586. The summed E-state index contributed by atoms with van der Waals surface area (Å²) in [6.07, 6.45) is 2.96. The quantitative estimate of drug-likeness (QED) is 0.586. The number of hydrogen-bond acceptors (Lipinski definition) is 4. The number of aliphatic hydroxyl groups excluding tert-OH is 1. The van der Waals surface area contributed by atoms with Crippen molar-refractivity contribution in [3.63, 3.8) is 0 Å². The standard InChI is InChI=1S/C10H17NO3/c1-14-10(13)6-2-7-4-9(12)5-8(3-6)11-7/h6-9,11-12H,2-5H2,1H3/t6?,7-,8+,9?. The van der Waals surface area contributed by atoms with Gasteiger partial charge in [-0.3, -0.25) is 4.79 Å². The van der Waals surface area contributed by atoms with Gasteiger partial charge in [-0.2, -0.15) is 0 Å². The SMILES string of the molecule is COC(=O)C1C[C@H]2CC(O)C[C@@H](C1)N2. The van der Waals surface area contributed by atoms with Crippen molar-refractivity contribution in [1.82, 2.24) is 5.32 Å². The van der Waals surface area contributed by atoms with E-state index in [-0.39, 0.29) is 18.0 Å². The fourth-order valence-corrected chi connectivity index (χ4v) is 2.69. The van der Waals surface area contributed by atoms with E-state index < -0.39 is 0 Å².